The minimum absolute atomic E-state index is 0.424. The maximum absolute atomic E-state index is 11.2. The molecular formula is C10H11NO4. The van der Waals surface area contributed by atoms with E-state index < -0.39 is 11.9 Å². The van der Waals surface area contributed by atoms with Gasteiger partial charge in [-0.15, -0.1) is 0 Å². The summed E-state index contributed by atoms with van der Waals surface area (Å²) in [5, 5.41) is 8.55. The van der Waals surface area contributed by atoms with Gasteiger partial charge < -0.3 is 14.7 Å². The van der Waals surface area contributed by atoms with Gasteiger partial charge in [0.2, 0.25) is 0 Å². The van der Waals surface area contributed by atoms with Gasteiger partial charge in [-0.3, -0.25) is 4.79 Å². The Labute approximate surface area is 86.9 Å². The van der Waals surface area contributed by atoms with Crippen molar-refractivity contribution in [1.82, 2.24) is 0 Å². The van der Waals surface area contributed by atoms with E-state index in [9.17, 15) is 9.59 Å². The molecular weight excluding hydrogens is 198 g/mol. The molecule has 0 fully saturated rings. The molecule has 0 bridgehead atoms. The molecule has 1 aromatic rings. The summed E-state index contributed by atoms with van der Waals surface area (Å²) in [4.78, 5) is 22.7. The number of hydrogen-bond donors (Lipinski definition) is 1. The van der Waals surface area contributed by atoms with Gasteiger partial charge in [-0.05, 0) is 12.1 Å². The molecule has 0 saturated heterocycles. The highest BCUT2D eigenvalue weighted by Crippen LogP contribution is 2.26. The Kier molecular flexibility index (Phi) is 3.28. The molecule has 0 unspecified atom stereocenters. The predicted molar refractivity (Wildman–Crippen MR) is 54.0 cm³/mol. The number of carboxylic acids is 1. The highest BCUT2D eigenvalue weighted by atomic mass is 16.5. The summed E-state index contributed by atoms with van der Waals surface area (Å²) in [5.74, 6) is -2.04. The van der Waals surface area contributed by atoms with E-state index in [4.69, 9.17) is 9.84 Å². The fourth-order valence-corrected chi connectivity index (χ4v) is 1.16. The summed E-state index contributed by atoms with van der Waals surface area (Å²) in [6.45, 7) is 0. The van der Waals surface area contributed by atoms with Crippen LogP contribution in [-0.2, 0) is 9.59 Å². The Balaban J connectivity index is 3.05. The molecule has 0 atom stereocenters. The molecule has 0 saturated carbocycles. The number of carboxylic acid groups (broad SMARTS) is 1. The van der Waals surface area contributed by atoms with E-state index >= 15 is 0 Å². The Morgan fingerprint density at radius 3 is 2.47 bits per heavy atom. The monoisotopic (exact) mass is 209 g/mol. The number of carbonyl (C=O) groups excluding carboxylic acids is 1. The molecule has 1 rings (SSSR count). The van der Waals surface area contributed by atoms with Crippen LogP contribution >= 0.6 is 0 Å². The first-order valence-corrected chi connectivity index (χ1v) is 4.22. The van der Waals surface area contributed by atoms with Gasteiger partial charge >= 0.3 is 11.9 Å². The van der Waals surface area contributed by atoms with Gasteiger partial charge in [-0.2, -0.15) is 0 Å². The van der Waals surface area contributed by atoms with Crippen molar-refractivity contribution >= 4 is 17.6 Å². The van der Waals surface area contributed by atoms with Crippen molar-refractivity contribution < 1.29 is 19.4 Å². The number of amides is 1. The predicted octanol–water partition coefficient (Wildman–Crippen LogP) is 0.743. The molecule has 5 nitrogen and oxygen atoms in total. The standard InChI is InChI=1S/C10H11NO4/c1-11(9(12)10(13)14)7-5-3-4-6-8(7)15-2/h3-6H,1-2H3,(H,13,14). The van der Waals surface area contributed by atoms with Crippen molar-refractivity contribution in [2.24, 2.45) is 0 Å². The molecule has 1 aromatic carbocycles. The number of anilines is 1. The number of benzene rings is 1. The van der Waals surface area contributed by atoms with Crippen molar-refractivity contribution in [3.8, 4) is 5.75 Å². The van der Waals surface area contributed by atoms with Crippen LogP contribution in [0.2, 0.25) is 0 Å². The lowest BCUT2D eigenvalue weighted by molar-refractivity contribution is -0.148. The topological polar surface area (TPSA) is 66.8 Å². The lowest BCUT2D eigenvalue weighted by Gasteiger charge is -2.17. The Morgan fingerprint density at radius 1 is 1.33 bits per heavy atom. The summed E-state index contributed by atoms with van der Waals surface area (Å²) in [5.41, 5.74) is 0.424. The van der Waals surface area contributed by atoms with E-state index in [1.165, 1.54) is 14.2 Å². The van der Waals surface area contributed by atoms with E-state index in [-0.39, 0.29) is 0 Å². The van der Waals surface area contributed by atoms with Crippen molar-refractivity contribution in [3.05, 3.63) is 24.3 Å². The normalized spacial score (nSPS) is 9.47. The smallest absolute Gasteiger partial charge is 0.394 e. The zero-order valence-corrected chi connectivity index (χ0v) is 8.43. The number of nitrogens with zero attached hydrogens (tertiary/aromatic N) is 1. The highest BCUT2D eigenvalue weighted by molar-refractivity contribution is 6.37. The average Bonchev–Trinajstić information content (AvgIpc) is 2.26. The molecule has 0 spiro atoms. The molecule has 0 aliphatic rings. The maximum Gasteiger partial charge on any atom is 0.394 e. The second-order valence-electron chi connectivity index (χ2n) is 2.84. The molecule has 0 aromatic heterocycles. The minimum atomic E-state index is -1.50. The number of carbonyl (C=O) groups is 2. The first-order chi connectivity index (χ1) is 7.07. The quantitative estimate of drug-likeness (QED) is 0.729. The Bertz CT molecular complexity index is 389. The number of ether oxygens (including phenoxy) is 1. The molecule has 0 radical (unpaired) electrons. The van der Waals surface area contributed by atoms with Crippen molar-refractivity contribution in [3.63, 3.8) is 0 Å². The van der Waals surface area contributed by atoms with E-state index in [0.717, 1.165) is 4.90 Å². The summed E-state index contributed by atoms with van der Waals surface area (Å²) in [6, 6.07) is 6.70. The van der Waals surface area contributed by atoms with Crippen LogP contribution in [0.4, 0.5) is 5.69 Å². The molecule has 80 valence electrons. The van der Waals surface area contributed by atoms with Crippen LogP contribution in [-0.4, -0.2) is 31.1 Å². The second kappa shape index (κ2) is 4.45. The number of hydrogen-bond acceptors (Lipinski definition) is 3. The van der Waals surface area contributed by atoms with Gasteiger partial charge in [0.05, 0.1) is 12.8 Å². The highest BCUT2D eigenvalue weighted by Gasteiger charge is 2.20. The molecule has 15 heavy (non-hydrogen) atoms. The Morgan fingerprint density at radius 2 is 1.93 bits per heavy atom. The summed E-state index contributed by atoms with van der Waals surface area (Å²) in [7, 11) is 2.84. The molecule has 0 heterocycles. The van der Waals surface area contributed by atoms with Crippen molar-refractivity contribution in [2.45, 2.75) is 0 Å². The van der Waals surface area contributed by atoms with E-state index in [0.29, 0.717) is 11.4 Å². The van der Waals surface area contributed by atoms with Gasteiger partial charge in [0.15, 0.2) is 0 Å². The number of rotatable bonds is 2. The van der Waals surface area contributed by atoms with E-state index in [1.54, 1.807) is 24.3 Å². The fourth-order valence-electron chi connectivity index (χ4n) is 1.16. The third-order valence-corrected chi connectivity index (χ3v) is 1.93. The molecule has 0 aliphatic carbocycles. The van der Waals surface area contributed by atoms with Crippen LogP contribution in [0.15, 0.2) is 24.3 Å². The summed E-state index contributed by atoms with van der Waals surface area (Å²) in [6.07, 6.45) is 0. The Hall–Kier alpha value is -2.04. The minimum Gasteiger partial charge on any atom is -0.495 e. The van der Waals surface area contributed by atoms with Crippen LogP contribution in [0.25, 0.3) is 0 Å². The largest absolute Gasteiger partial charge is 0.495 e. The number of methoxy groups -OCH3 is 1. The average molecular weight is 209 g/mol. The first-order valence-electron chi connectivity index (χ1n) is 4.22. The van der Waals surface area contributed by atoms with E-state index in [2.05, 4.69) is 0 Å². The molecule has 1 N–H and O–H groups in total. The van der Waals surface area contributed by atoms with Gasteiger partial charge in [-0.25, -0.2) is 4.79 Å². The number of likely N-dealkylation sites (N-methyl/N-ethyl adjacent to an activating group) is 1. The third-order valence-electron chi connectivity index (χ3n) is 1.93. The van der Waals surface area contributed by atoms with Crippen LogP contribution in [0.1, 0.15) is 0 Å². The van der Waals surface area contributed by atoms with Crippen LogP contribution in [0.3, 0.4) is 0 Å². The zero-order chi connectivity index (χ0) is 11.4. The lowest BCUT2D eigenvalue weighted by atomic mass is 10.2. The van der Waals surface area contributed by atoms with Gasteiger partial charge in [-0.1, -0.05) is 12.1 Å². The SMILES string of the molecule is COc1ccccc1N(C)C(=O)C(=O)O. The number of aliphatic carboxylic acids is 1. The van der Waals surface area contributed by atoms with E-state index in [1.807, 2.05) is 0 Å². The molecule has 5 heteroatoms. The maximum atomic E-state index is 11.2. The summed E-state index contributed by atoms with van der Waals surface area (Å²) < 4.78 is 5.01. The summed E-state index contributed by atoms with van der Waals surface area (Å²) >= 11 is 0. The second-order valence-corrected chi connectivity index (χ2v) is 2.84. The van der Waals surface area contributed by atoms with Crippen LogP contribution in [0, 0.1) is 0 Å². The third kappa shape index (κ3) is 2.25. The van der Waals surface area contributed by atoms with Crippen molar-refractivity contribution in [1.29, 1.82) is 0 Å². The first kappa shape index (κ1) is 11.0. The van der Waals surface area contributed by atoms with Crippen LogP contribution in [0.5, 0.6) is 5.75 Å². The van der Waals surface area contributed by atoms with Crippen LogP contribution < -0.4 is 9.64 Å². The number of para-hydroxylation sites is 2. The van der Waals surface area contributed by atoms with Gasteiger partial charge in [0.1, 0.15) is 5.75 Å². The lowest BCUT2D eigenvalue weighted by Crippen LogP contribution is -2.33. The molecule has 0 aliphatic heterocycles. The fraction of sp³-hybridized carbons (Fsp3) is 0.200. The van der Waals surface area contributed by atoms with Crippen molar-refractivity contribution in [2.75, 3.05) is 19.1 Å². The molecule has 1 amide bonds. The zero-order valence-electron chi connectivity index (χ0n) is 8.43. The van der Waals surface area contributed by atoms with Gasteiger partial charge in [0, 0.05) is 7.05 Å². The van der Waals surface area contributed by atoms with Gasteiger partial charge in [0.25, 0.3) is 0 Å².